The molecule has 3 rings (SSSR count). The van der Waals surface area contributed by atoms with Gasteiger partial charge in [0.05, 0.1) is 0 Å². The van der Waals surface area contributed by atoms with Gasteiger partial charge in [0.1, 0.15) is 6.04 Å². The Morgan fingerprint density at radius 1 is 1.04 bits per heavy atom. The van der Waals surface area contributed by atoms with Gasteiger partial charge in [-0.05, 0) is 40.6 Å². The number of aromatic nitrogens is 4. The summed E-state index contributed by atoms with van der Waals surface area (Å²) in [5.41, 5.74) is 1.89. The van der Waals surface area contributed by atoms with E-state index in [4.69, 9.17) is 0 Å². The smallest absolute Gasteiger partial charge is 0.251 e. The molecule has 0 aliphatic carbocycles. The Morgan fingerprint density at radius 3 is 2.43 bits per heavy atom. The number of aryl methyl sites for hydroxylation is 1. The molecule has 8 nitrogen and oxygen atoms in total. The van der Waals surface area contributed by atoms with Crippen LogP contribution in [-0.4, -0.2) is 38.1 Å². The average Bonchev–Trinajstić information content (AvgIpc) is 3.12. The molecule has 3 aromatic rings. The van der Waals surface area contributed by atoms with Gasteiger partial charge in [-0.15, -0.1) is 5.10 Å². The highest BCUT2D eigenvalue weighted by Gasteiger charge is 2.25. The van der Waals surface area contributed by atoms with E-state index in [1.165, 1.54) is 0 Å². The third-order valence-corrected chi connectivity index (χ3v) is 4.28. The maximum Gasteiger partial charge on any atom is 0.251 e. The Hall–Kier alpha value is -3.55. The Labute approximate surface area is 163 Å². The quantitative estimate of drug-likeness (QED) is 0.685. The monoisotopic (exact) mass is 378 g/mol. The second kappa shape index (κ2) is 8.43. The third kappa shape index (κ3) is 4.40. The van der Waals surface area contributed by atoms with Crippen LogP contribution in [0, 0.1) is 5.92 Å². The first-order valence-corrected chi connectivity index (χ1v) is 8.95. The van der Waals surface area contributed by atoms with E-state index in [1.54, 1.807) is 48.1 Å². The van der Waals surface area contributed by atoms with Gasteiger partial charge in [-0.2, -0.15) is 0 Å². The molecule has 1 aromatic heterocycles. The van der Waals surface area contributed by atoms with Crippen molar-refractivity contribution >= 4 is 17.5 Å². The number of carbonyl (C=O) groups excluding carboxylic acids is 2. The molecule has 28 heavy (non-hydrogen) atoms. The molecule has 0 aliphatic heterocycles. The largest absolute Gasteiger partial charge is 0.340 e. The number of nitrogens with one attached hydrogen (secondary N) is 2. The molecule has 144 valence electrons. The number of hydrogen-bond acceptors (Lipinski definition) is 5. The summed E-state index contributed by atoms with van der Waals surface area (Å²) >= 11 is 0. The first kappa shape index (κ1) is 19.2. The summed E-state index contributed by atoms with van der Waals surface area (Å²) in [6, 6.07) is 15.4. The minimum absolute atomic E-state index is 0.0845. The molecule has 0 saturated heterocycles. The molecule has 0 spiro atoms. The van der Waals surface area contributed by atoms with Crippen LogP contribution in [0.25, 0.3) is 11.4 Å². The van der Waals surface area contributed by atoms with E-state index < -0.39 is 6.04 Å². The van der Waals surface area contributed by atoms with Gasteiger partial charge in [0, 0.05) is 23.9 Å². The van der Waals surface area contributed by atoms with E-state index in [-0.39, 0.29) is 17.7 Å². The minimum Gasteiger partial charge on any atom is -0.340 e. The molecule has 8 heteroatoms. The van der Waals surface area contributed by atoms with Gasteiger partial charge in [-0.1, -0.05) is 44.2 Å². The minimum atomic E-state index is -0.673. The van der Waals surface area contributed by atoms with Crippen molar-refractivity contribution in [2.75, 3.05) is 5.32 Å². The molecule has 1 atom stereocenters. The molecule has 2 aromatic carbocycles. The van der Waals surface area contributed by atoms with E-state index >= 15 is 0 Å². The number of anilines is 1. The Kier molecular flexibility index (Phi) is 5.78. The number of amides is 2. The predicted octanol–water partition coefficient (Wildman–Crippen LogP) is 2.27. The Bertz CT molecular complexity index is 968. The van der Waals surface area contributed by atoms with Gasteiger partial charge in [0.2, 0.25) is 5.91 Å². The number of rotatable bonds is 6. The van der Waals surface area contributed by atoms with Crippen LogP contribution in [0.5, 0.6) is 0 Å². The van der Waals surface area contributed by atoms with Crippen LogP contribution in [0.4, 0.5) is 5.69 Å². The van der Waals surface area contributed by atoms with Gasteiger partial charge in [-0.3, -0.25) is 9.59 Å². The fourth-order valence-electron chi connectivity index (χ4n) is 2.78. The van der Waals surface area contributed by atoms with Crippen LogP contribution in [0.3, 0.4) is 0 Å². The number of carbonyl (C=O) groups is 2. The number of nitrogens with zero attached hydrogens (tertiary/aromatic N) is 4. The van der Waals surface area contributed by atoms with Crippen LogP contribution < -0.4 is 10.6 Å². The van der Waals surface area contributed by atoms with Crippen molar-refractivity contribution in [3.63, 3.8) is 0 Å². The Balaban J connectivity index is 1.74. The zero-order valence-corrected chi connectivity index (χ0v) is 16.0. The summed E-state index contributed by atoms with van der Waals surface area (Å²) in [4.78, 5) is 25.3. The first-order valence-electron chi connectivity index (χ1n) is 8.95. The molecular weight excluding hydrogens is 356 g/mol. The first-order chi connectivity index (χ1) is 13.5. The number of hydrogen-bond donors (Lipinski definition) is 2. The highest BCUT2D eigenvalue weighted by molar-refractivity contribution is 6.01. The van der Waals surface area contributed by atoms with E-state index in [2.05, 4.69) is 26.2 Å². The maximum atomic E-state index is 12.8. The maximum absolute atomic E-state index is 12.8. The van der Waals surface area contributed by atoms with E-state index in [0.717, 1.165) is 5.56 Å². The Morgan fingerprint density at radius 2 is 1.79 bits per heavy atom. The van der Waals surface area contributed by atoms with Gasteiger partial charge in [-0.25, -0.2) is 4.68 Å². The summed E-state index contributed by atoms with van der Waals surface area (Å²) in [6.45, 7) is 3.77. The van der Waals surface area contributed by atoms with Crippen molar-refractivity contribution in [2.45, 2.75) is 19.9 Å². The number of benzene rings is 2. The summed E-state index contributed by atoms with van der Waals surface area (Å²) in [5.74, 6) is -0.0615. The lowest BCUT2D eigenvalue weighted by Gasteiger charge is -2.22. The van der Waals surface area contributed by atoms with Crippen molar-refractivity contribution in [3.8, 4) is 11.4 Å². The zero-order valence-electron chi connectivity index (χ0n) is 16.0. The normalized spacial score (nSPS) is 11.9. The summed E-state index contributed by atoms with van der Waals surface area (Å²) in [5, 5.41) is 17.1. The third-order valence-electron chi connectivity index (χ3n) is 4.28. The molecule has 0 saturated carbocycles. The van der Waals surface area contributed by atoms with Crippen LogP contribution in [0.15, 0.2) is 54.6 Å². The summed E-state index contributed by atoms with van der Waals surface area (Å²) < 4.78 is 1.55. The van der Waals surface area contributed by atoms with E-state index in [0.29, 0.717) is 17.1 Å². The summed E-state index contributed by atoms with van der Waals surface area (Å²) in [7, 11) is 1.74. The molecule has 2 amide bonds. The molecule has 0 fully saturated rings. The van der Waals surface area contributed by atoms with Crippen LogP contribution >= 0.6 is 0 Å². The van der Waals surface area contributed by atoms with Gasteiger partial charge in [0.25, 0.3) is 5.91 Å². The molecule has 1 heterocycles. The fourth-order valence-corrected chi connectivity index (χ4v) is 2.78. The van der Waals surface area contributed by atoms with Gasteiger partial charge in [0.15, 0.2) is 5.82 Å². The molecular formula is C20H22N6O2. The van der Waals surface area contributed by atoms with Crippen molar-refractivity contribution in [2.24, 2.45) is 13.0 Å². The molecule has 0 radical (unpaired) electrons. The number of tetrazole rings is 1. The fraction of sp³-hybridized carbons (Fsp3) is 0.250. The molecule has 2 N–H and O–H groups in total. The van der Waals surface area contributed by atoms with E-state index in [1.807, 2.05) is 32.0 Å². The standard InChI is InChI=1S/C20H22N6O2/c1-13(2)17(22-19(27)14-8-5-4-6-9-14)20(28)21-16-11-7-10-15(12-16)18-23-24-25-26(18)3/h4-13,17H,1-3H3,(H,21,28)(H,22,27). The van der Waals surface area contributed by atoms with Crippen molar-refractivity contribution in [1.29, 1.82) is 0 Å². The molecule has 1 unspecified atom stereocenters. The SMILES string of the molecule is CC(C)C(NC(=O)c1ccccc1)C(=O)Nc1cccc(-c2nnnn2C)c1. The lowest BCUT2D eigenvalue weighted by atomic mass is 10.0. The highest BCUT2D eigenvalue weighted by atomic mass is 16.2. The topological polar surface area (TPSA) is 102 Å². The van der Waals surface area contributed by atoms with Crippen molar-refractivity contribution in [1.82, 2.24) is 25.5 Å². The summed E-state index contributed by atoms with van der Waals surface area (Å²) in [6.07, 6.45) is 0. The second-order valence-electron chi connectivity index (χ2n) is 6.76. The van der Waals surface area contributed by atoms with Crippen LogP contribution in [0.2, 0.25) is 0 Å². The van der Waals surface area contributed by atoms with Gasteiger partial charge >= 0.3 is 0 Å². The van der Waals surface area contributed by atoms with Gasteiger partial charge < -0.3 is 10.6 Å². The predicted molar refractivity (Wildman–Crippen MR) is 105 cm³/mol. The van der Waals surface area contributed by atoms with E-state index in [9.17, 15) is 9.59 Å². The van der Waals surface area contributed by atoms with Crippen molar-refractivity contribution in [3.05, 3.63) is 60.2 Å². The zero-order chi connectivity index (χ0) is 20.1. The molecule has 0 aliphatic rings. The van der Waals surface area contributed by atoms with Crippen molar-refractivity contribution < 1.29 is 9.59 Å². The second-order valence-corrected chi connectivity index (χ2v) is 6.76. The highest BCUT2D eigenvalue weighted by Crippen LogP contribution is 2.20. The van der Waals surface area contributed by atoms with Crippen LogP contribution in [-0.2, 0) is 11.8 Å². The molecule has 0 bridgehead atoms. The average molecular weight is 378 g/mol. The lowest BCUT2D eigenvalue weighted by Crippen LogP contribution is -2.47. The van der Waals surface area contributed by atoms with Crippen LogP contribution in [0.1, 0.15) is 24.2 Å². The lowest BCUT2D eigenvalue weighted by molar-refractivity contribution is -0.118.